The van der Waals surface area contributed by atoms with Gasteiger partial charge in [-0.3, -0.25) is 4.99 Å². The number of carbonyl (C=O) groups is 1. The lowest BCUT2D eigenvalue weighted by Gasteiger charge is -2.32. The first-order valence-electron chi connectivity index (χ1n) is 8.30. The summed E-state index contributed by atoms with van der Waals surface area (Å²) in [4.78, 5) is 19.0. The Kier molecular flexibility index (Phi) is 8.98. The maximum atomic E-state index is 11.5. The molecule has 0 saturated carbocycles. The van der Waals surface area contributed by atoms with Crippen LogP contribution in [-0.4, -0.2) is 56.8 Å². The van der Waals surface area contributed by atoms with Gasteiger partial charge in [0.25, 0.3) is 0 Å². The standard InChI is InChI=1S/C17H28N4O2S.HI/c1-17(2,14-6-5-11-24-14)12-19-15(18-3)20-13-7-9-21(10-8-13)16(22)23-4;/h5-6,11,13H,7-10,12H2,1-4H3,(H2,18,19,20);1H. The van der Waals surface area contributed by atoms with E-state index in [1.807, 2.05) is 0 Å². The quantitative estimate of drug-likeness (QED) is 0.395. The summed E-state index contributed by atoms with van der Waals surface area (Å²) in [5, 5.41) is 9.01. The molecule has 1 aliphatic heterocycles. The molecule has 1 aliphatic rings. The van der Waals surface area contributed by atoms with Gasteiger partial charge in [0.2, 0.25) is 0 Å². The summed E-state index contributed by atoms with van der Waals surface area (Å²) in [6.07, 6.45) is 1.54. The highest BCUT2D eigenvalue weighted by atomic mass is 127. The Bertz CT molecular complexity index is 555. The first kappa shape index (κ1) is 22.0. The highest BCUT2D eigenvalue weighted by Gasteiger charge is 2.25. The van der Waals surface area contributed by atoms with Crippen molar-refractivity contribution in [2.24, 2.45) is 4.99 Å². The number of piperidine rings is 1. The van der Waals surface area contributed by atoms with Gasteiger partial charge in [-0.2, -0.15) is 0 Å². The zero-order chi connectivity index (χ0) is 17.6. The van der Waals surface area contributed by atoms with Crippen LogP contribution in [0.3, 0.4) is 0 Å². The molecule has 0 bridgehead atoms. The fourth-order valence-electron chi connectivity index (χ4n) is 2.78. The average molecular weight is 480 g/mol. The van der Waals surface area contributed by atoms with Gasteiger partial charge in [0.15, 0.2) is 5.96 Å². The molecule has 0 aromatic carbocycles. The normalized spacial score (nSPS) is 16.2. The van der Waals surface area contributed by atoms with E-state index in [0.29, 0.717) is 19.1 Å². The van der Waals surface area contributed by atoms with Gasteiger partial charge < -0.3 is 20.3 Å². The zero-order valence-electron chi connectivity index (χ0n) is 15.4. The third-order valence-corrected chi connectivity index (χ3v) is 5.61. The first-order chi connectivity index (χ1) is 11.5. The van der Waals surface area contributed by atoms with Crippen LogP contribution in [0.15, 0.2) is 22.5 Å². The lowest BCUT2D eigenvalue weighted by molar-refractivity contribution is 0.111. The van der Waals surface area contributed by atoms with Crippen LogP contribution in [0.4, 0.5) is 4.79 Å². The van der Waals surface area contributed by atoms with Crippen LogP contribution in [0.2, 0.25) is 0 Å². The lowest BCUT2D eigenvalue weighted by atomic mass is 9.91. The van der Waals surface area contributed by atoms with Crippen molar-refractivity contribution < 1.29 is 9.53 Å². The number of carbonyl (C=O) groups excluding carboxylic acids is 1. The molecule has 6 nitrogen and oxygen atoms in total. The highest BCUT2D eigenvalue weighted by molar-refractivity contribution is 14.0. The number of amides is 1. The Morgan fingerprint density at radius 1 is 1.44 bits per heavy atom. The second-order valence-corrected chi connectivity index (χ2v) is 7.61. The van der Waals surface area contributed by atoms with Crippen molar-refractivity contribution in [2.75, 3.05) is 33.8 Å². The molecule has 1 aromatic rings. The molecule has 0 aliphatic carbocycles. The molecule has 8 heteroatoms. The Morgan fingerprint density at radius 3 is 2.64 bits per heavy atom. The predicted molar refractivity (Wildman–Crippen MR) is 114 cm³/mol. The van der Waals surface area contributed by atoms with Gasteiger partial charge >= 0.3 is 6.09 Å². The Morgan fingerprint density at radius 2 is 2.12 bits per heavy atom. The number of thiophene rings is 1. The van der Waals surface area contributed by atoms with Crippen LogP contribution >= 0.6 is 35.3 Å². The number of hydrogen-bond donors (Lipinski definition) is 2. The SMILES string of the molecule is CN=C(NCC(C)(C)c1cccs1)NC1CCN(C(=O)OC)CC1.I. The van der Waals surface area contributed by atoms with Crippen molar-refractivity contribution in [1.29, 1.82) is 0 Å². The largest absolute Gasteiger partial charge is 0.453 e. The molecule has 1 fully saturated rings. The minimum absolute atomic E-state index is 0. The number of nitrogens with one attached hydrogen (secondary N) is 2. The molecular formula is C17H29IN4O2S. The van der Waals surface area contributed by atoms with Crippen molar-refractivity contribution in [3.63, 3.8) is 0 Å². The van der Waals surface area contributed by atoms with Crippen molar-refractivity contribution in [3.05, 3.63) is 22.4 Å². The van der Waals surface area contributed by atoms with Crippen molar-refractivity contribution >= 4 is 47.4 Å². The summed E-state index contributed by atoms with van der Waals surface area (Å²) in [5.74, 6) is 0.816. The van der Waals surface area contributed by atoms with Gasteiger partial charge in [-0.25, -0.2) is 4.79 Å². The molecule has 1 aromatic heterocycles. The number of hydrogen-bond acceptors (Lipinski definition) is 4. The van der Waals surface area contributed by atoms with Crippen molar-refractivity contribution in [3.8, 4) is 0 Å². The molecule has 0 unspecified atom stereocenters. The number of nitrogens with zero attached hydrogens (tertiary/aromatic N) is 2. The lowest BCUT2D eigenvalue weighted by Crippen LogP contribution is -2.51. The van der Waals surface area contributed by atoms with Crippen molar-refractivity contribution in [2.45, 2.75) is 38.1 Å². The van der Waals surface area contributed by atoms with Gasteiger partial charge in [0.1, 0.15) is 0 Å². The van der Waals surface area contributed by atoms with Crippen LogP contribution in [0.5, 0.6) is 0 Å². The summed E-state index contributed by atoms with van der Waals surface area (Å²) in [5.41, 5.74) is 0.0556. The number of rotatable bonds is 4. The van der Waals surface area contributed by atoms with Gasteiger partial charge in [-0.1, -0.05) is 19.9 Å². The molecule has 1 amide bonds. The summed E-state index contributed by atoms with van der Waals surface area (Å²) in [6.45, 7) is 6.69. The third-order valence-electron chi connectivity index (χ3n) is 4.38. The molecule has 25 heavy (non-hydrogen) atoms. The Labute approximate surface area is 171 Å². The minimum atomic E-state index is -0.242. The van der Waals surface area contributed by atoms with Crippen LogP contribution in [-0.2, 0) is 10.2 Å². The van der Waals surface area contributed by atoms with Gasteiger partial charge in [0.05, 0.1) is 7.11 Å². The van der Waals surface area contributed by atoms with E-state index in [0.717, 1.165) is 25.3 Å². The van der Waals surface area contributed by atoms with E-state index in [2.05, 4.69) is 47.0 Å². The van der Waals surface area contributed by atoms with Crippen LogP contribution in [0.25, 0.3) is 0 Å². The van der Waals surface area contributed by atoms with E-state index in [-0.39, 0.29) is 35.5 Å². The molecule has 142 valence electrons. The van der Waals surface area contributed by atoms with E-state index in [4.69, 9.17) is 4.74 Å². The molecular weight excluding hydrogens is 451 g/mol. The highest BCUT2D eigenvalue weighted by Crippen LogP contribution is 2.26. The summed E-state index contributed by atoms with van der Waals surface area (Å²) in [6, 6.07) is 4.58. The zero-order valence-corrected chi connectivity index (χ0v) is 18.5. The van der Waals surface area contributed by atoms with Gasteiger partial charge in [0, 0.05) is 43.0 Å². The third kappa shape index (κ3) is 6.32. The topological polar surface area (TPSA) is 66.0 Å². The molecule has 2 N–H and O–H groups in total. The van der Waals surface area contributed by atoms with E-state index < -0.39 is 0 Å². The van der Waals surface area contributed by atoms with E-state index in [1.165, 1.54) is 12.0 Å². The summed E-state index contributed by atoms with van der Waals surface area (Å²) < 4.78 is 4.77. The predicted octanol–water partition coefficient (Wildman–Crippen LogP) is 3.04. The molecule has 0 radical (unpaired) electrons. The summed E-state index contributed by atoms with van der Waals surface area (Å²) >= 11 is 1.78. The minimum Gasteiger partial charge on any atom is -0.453 e. The smallest absolute Gasteiger partial charge is 0.409 e. The molecule has 2 heterocycles. The number of ether oxygens (including phenoxy) is 1. The van der Waals surface area contributed by atoms with E-state index >= 15 is 0 Å². The molecule has 2 rings (SSSR count). The maximum absolute atomic E-state index is 11.5. The first-order valence-corrected chi connectivity index (χ1v) is 9.18. The second kappa shape index (κ2) is 10.2. The van der Waals surface area contributed by atoms with Crippen LogP contribution in [0.1, 0.15) is 31.6 Å². The molecule has 1 saturated heterocycles. The Hall–Kier alpha value is -1.03. The number of likely N-dealkylation sites (tertiary alicyclic amines) is 1. The van der Waals surface area contributed by atoms with Gasteiger partial charge in [-0.05, 0) is 24.3 Å². The maximum Gasteiger partial charge on any atom is 0.409 e. The number of halogens is 1. The van der Waals surface area contributed by atoms with Crippen LogP contribution in [0, 0.1) is 0 Å². The monoisotopic (exact) mass is 480 g/mol. The second-order valence-electron chi connectivity index (χ2n) is 6.66. The van der Waals surface area contributed by atoms with E-state index in [9.17, 15) is 4.79 Å². The van der Waals surface area contributed by atoms with Crippen molar-refractivity contribution in [1.82, 2.24) is 15.5 Å². The summed E-state index contributed by atoms with van der Waals surface area (Å²) in [7, 11) is 3.21. The molecule has 0 spiro atoms. The fourth-order valence-corrected chi connectivity index (χ4v) is 3.63. The van der Waals surface area contributed by atoms with E-state index in [1.54, 1.807) is 23.3 Å². The van der Waals surface area contributed by atoms with Crippen LogP contribution < -0.4 is 10.6 Å². The number of guanidine groups is 1. The fraction of sp³-hybridized carbons (Fsp3) is 0.647. The number of aliphatic imine (C=N–C) groups is 1. The number of methoxy groups -OCH3 is 1. The van der Waals surface area contributed by atoms with Gasteiger partial charge in [-0.15, -0.1) is 35.3 Å². The Balaban J connectivity index is 0.00000312. The average Bonchev–Trinajstić information content (AvgIpc) is 3.14. The molecule has 0 atom stereocenters.